The SMILES string of the molecule is c1ccc(-c2ccc(-n3c4ccccc4c4cccc(-n5c6ccccc6c6c([Si](c7ccccc7)(c7ccccc7)c7ccccc7)cccc65)c43)cc2-c2ccccc2)cc1. The summed E-state index contributed by atoms with van der Waals surface area (Å²) in [6, 6.07) is 94.3. The van der Waals surface area contributed by atoms with Crippen molar-refractivity contribution in [2.24, 2.45) is 0 Å². The Morgan fingerprint density at radius 3 is 1.37 bits per heavy atom. The second-order valence-electron chi connectivity index (χ2n) is 16.4. The van der Waals surface area contributed by atoms with Crippen molar-refractivity contribution in [1.29, 1.82) is 0 Å². The molecule has 0 aliphatic rings. The molecule has 12 rings (SSSR count). The summed E-state index contributed by atoms with van der Waals surface area (Å²) in [6.07, 6.45) is 0. The number of aromatic nitrogens is 2. The highest BCUT2D eigenvalue weighted by molar-refractivity contribution is 7.20. The predicted octanol–water partition coefficient (Wildman–Crippen LogP) is 12.6. The van der Waals surface area contributed by atoms with Gasteiger partial charge in [0, 0.05) is 27.2 Å². The van der Waals surface area contributed by atoms with Crippen molar-refractivity contribution in [3.63, 3.8) is 0 Å². The first-order chi connectivity index (χ1) is 31.3. The average molecular weight is 819 g/mol. The third-order valence-corrected chi connectivity index (χ3v) is 17.9. The summed E-state index contributed by atoms with van der Waals surface area (Å²) in [7, 11) is -2.90. The summed E-state index contributed by atoms with van der Waals surface area (Å²) in [5.41, 5.74) is 11.8. The first-order valence-electron chi connectivity index (χ1n) is 21.8. The molecule has 0 saturated carbocycles. The minimum absolute atomic E-state index is 1.12. The first kappa shape index (κ1) is 36.8. The maximum absolute atomic E-state index is 2.90. The Labute approximate surface area is 368 Å². The van der Waals surface area contributed by atoms with Crippen LogP contribution >= 0.6 is 0 Å². The van der Waals surface area contributed by atoms with Crippen molar-refractivity contribution < 1.29 is 0 Å². The highest BCUT2D eigenvalue weighted by Gasteiger charge is 2.43. The average Bonchev–Trinajstić information content (AvgIpc) is 3.89. The van der Waals surface area contributed by atoms with Crippen LogP contribution in [0.15, 0.2) is 255 Å². The van der Waals surface area contributed by atoms with Crippen LogP contribution in [0.3, 0.4) is 0 Å². The Bertz CT molecular complexity index is 3500. The van der Waals surface area contributed by atoms with Gasteiger partial charge in [0.2, 0.25) is 0 Å². The molecule has 0 bridgehead atoms. The van der Waals surface area contributed by atoms with Crippen LogP contribution in [0.4, 0.5) is 0 Å². The summed E-state index contributed by atoms with van der Waals surface area (Å²) < 4.78 is 5.05. The lowest BCUT2D eigenvalue weighted by molar-refractivity contribution is 1.13. The third-order valence-electron chi connectivity index (χ3n) is 13.1. The molecule has 0 aliphatic heterocycles. The maximum atomic E-state index is 2.54. The van der Waals surface area contributed by atoms with Crippen LogP contribution in [0, 0.1) is 0 Å². The molecule has 0 atom stereocenters. The molecule has 0 amide bonds. The van der Waals surface area contributed by atoms with Gasteiger partial charge in [0.1, 0.15) is 0 Å². The number of hydrogen-bond donors (Lipinski definition) is 0. The second-order valence-corrected chi connectivity index (χ2v) is 20.2. The van der Waals surface area contributed by atoms with Gasteiger partial charge in [-0.25, -0.2) is 0 Å². The van der Waals surface area contributed by atoms with Gasteiger partial charge in [-0.15, -0.1) is 0 Å². The zero-order valence-electron chi connectivity index (χ0n) is 34.6. The number of rotatable bonds is 8. The van der Waals surface area contributed by atoms with Gasteiger partial charge in [-0.3, -0.25) is 0 Å². The van der Waals surface area contributed by atoms with Crippen LogP contribution in [-0.4, -0.2) is 17.2 Å². The predicted molar refractivity (Wildman–Crippen MR) is 270 cm³/mol. The van der Waals surface area contributed by atoms with Gasteiger partial charge in [0.15, 0.2) is 8.07 Å². The lowest BCUT2D eigenvalue weighted by atomic mass is 9.94. The smallest absolute Gasteiger partial charge is 0.180 e. The topological polar surface area (TPSA) is 9.86 Å². The summed E-state index contributed by atoms with van der Waals surface area (Å²) in [4.78, 5) is 0. The lowest BCUT2D eigenvalue weighted by Crippen LogP contribution is -2.74. The number of nitrogens with zero attached hydrogens (tertiary/aromatic N) is 2. The van der Waals surface area contributed by atoms with Crippen LogP contribution in [-0.2, 0) is 0 Å². The standard InChI is InChI=1S/C60H42N2Si/c1-6-22-43(23-7-1)49-41-40-45(42-53(49)44-24-8-2-9-25-44)61-54-35-18-16-32-50(54)51-34-20-38-57(60(51)61)62-55-36-19-17-33-52(55)59-56(62)37-21-39-58(59)63(46-26-10-3-11-27-46,47-28-12-4-13-29-47)48-30-14-5-15-31-48/h1-42H. The molecule has 10 aromatic carbocycles. The van der Waals surface area contributed by atoms with E-state index in [4.69, 9.17) is 0 Å². The van der Waals surface area contributed by atoms with Crippen LogP contribution < -0.4 is 20.7 Å². The summed E-state index contributed by atoms with van der Waals surface area (Å²) in [6.45, 7) is 0. The Kier molecular flexibility index (Phi) is 8.87. The van der Waals surface area contributed by atoms with E-state index in [1.54, 1.807) is 0 Å². The largest absolute Gasteiger partial charge is 0.307 e. The molecular formula is C60H42N2Si. The Balaban J connectivity index is 1.20. The fourth-order valence-electron chi connectivity index (χ4n) is 10.5. The van der Waals surface area contributed by atoms with E-state index in [0.29, 0.717) is 0 Å². The highest BCUT2D eigenvalue weighted by atomic mass is 28.3. The molecule has 2 aromatic heterocycles. The number of para-hydroxylation sites is 3. The van der Waals surface area contributed by atoms with Gasteiger partial charge in [0.05, 0.1) is 27.8 Å². The normalized spacial score (nSPS) is 11.8. The molecule has 3 heteroatoms. The molecular weight excluding hydrogens is 777 g/mol. The lowest BCUT2D eigenvalue weighted by Gasteiger charge is -2.35. The van der Waals surface area contributed by atoms with Crippen molar-refractivity contribution in [3.05, 3.63) is 255 Å². The molecule has 0 fully saturated rings. The van der Waals surface area contributed by atoms with Crippen LogP contribution in [0.1, 0.15) is 0 Å². The van der Waals surface area contributed by atoms with Gasteiger partial charge >= 0.3 is 0 Å². The Morgan fingerprint density at radius 1 is 0.302 bits per heavy atom. The number of benzene rings is 10. The summed E-state index contributed by atoms with van der Waals surface area (Å²) >= 11 is 0. The molecule has 0 unspecified atom stereocenters. The van der Waals surface area contributed by atoms with E-state index in [-0.39, 0.29) is 0 Å². The molecule has 2 nitrogen and oxygen atoms in total. The zero-order valence-corrected chi connectivity index (χ0v) is 35.6. The van der Waals surface area contributed by atoms with E-state index in [9.17, 15) is 0 Å². The molecule has 0 aliphatic carbocycles. The van der Waals surface area contributed by atoms with Gasteiger partial charge in [-0.2, -0.15) is 0 Å². The van der Waals surface area contributed by atoms with E-state index in [1.807, 2.05) is 0 Å². The highest BCUT2D eigenvalue weighted by Crippen LogP contribution is 2.41. The molecule has 296 valence electrons. The minimum Gasteiger partial charge on any atom is -0.307 e. The third kappa shape index (κ3) is 5.78. The molecule has 12 aromatic rings. The van der Waals surface area contributed by atoms with E-state index in [2.05, 4.69) is 264 Å². The second kappa shape index (κ2) is 15.2. The van der Waals surface area contributed by atoms with Crippen LogP contribution in [0.2, 0.25) is 0 Å². The van der Waals surface area contributed by atoms with E-state index in [1.165, 1.54) is 86.6 Å². The van der Waals surface area contributed by atoms with Crippen molar-refractivity contribution in [3.8, 4) is 33.6 Å². The Morgan fingerprint density at radius 2 is 0.762 bits per heavy atom. The summed E-state index contributed by atoms with van der Waals surface area (Å²) in [5, 5.41) is 10.5. The number of fused-ring (bicyclic) bond motifs is 6. The number of hydrogen-bond acceptors (Lipinski definition) is 0. The van der Waals surface area contributed by atoms with Gasteiger partial charge < -0.3 is 9.13 Å². The van der Waals surface area contributed by atoms with Crippen LogP contribution in [0.25, 0.3) is 77.2 Å². The quantitative estimate of drug-likeness (QED) is 0.107. The zero-order chi connectivity index (χ0) is 41.7. The first-order valence-corrected chi connectivity index (χ1v) is 23.8. The van der Waals surface area contributed by atoms with Crippen LogP contribution in [0.5, 0.6) is 0 Å². The van der Waals surface area contributed by atoms with E-state index < -0.39 is 8.07 Å². The maximum Gasteiger partial charge on any atom is 0.180 e. The molecule has 0 radical (unpaired) electrons. The summed E-state index contributed by atoms with van der Waals surface area (Å²) in [5.74, 6) is 0. The van der Waals surface area contributed by atoms with E-state index in [0.717, 1.165) is 11.4 Å². The van der Waals surface area contributed by atoms with E-state index >= 15 is 0 Å². The fraction of sp³-hybridized carbons (Fsp3) is 0. The fourth-order valence-corrected chi connectivity index (χ4v) is 15.5. The molecule has 0 spiro atoms. The van der Waals surface area contributed by atoms with Crippen molar-refractivity contribution >= 4 is 72.4 Å². The Hall–Kier alpha value is -7.98. The minimum atomic E-state index is -2.90. The van der Waals surface area contributed by atoms with Crippen molar-refractivity contribution in [2.75, 3.05) is 0 Å². The molecule has 0 N–H and O–H groups in total. The monoisotopic (exact) mass is 818 g/mol. The molecule has 2 heterocycles. The molecule has 63 heavy (non-hydrogen) atoms. The van der Waals surface area contributed by atoms with Gasteiger partial charge in [0.25, 0.3) is 0 Å². The van der Waals surface area contributed by atoms with Crippen molar-refractivity contribution in [2.45, 2.75) is 0 Å². The van der Waals surface area contributed by atoms with Gasteiger partial charge in [-0.1, -0.05) is 218 Å². The van der Waals surface area contributed by atoms with Gasteiger partial charge in [-0.05, 0) is 79.4 Å². The molecule has 0 saturated heterocycles. The van der Waals surface area contributed by atoms with Crippen molar-refractivity contribution in [1.82, 2.24) is 9.13 Å².